The molecule has 0 unspecified atom stereocenters. The highest BCUT2D eigenvalue weighted by Crippen LogP contribution is 2.39. The highest BCUT2D eigenvalue weighted by molar-refractivity contribution is 5.89. The molecule has 28 heavy (non-hydrogen) atoms. The number of nitrogens with zero attached hydrogens (tertiary/aromatic N) is 2. The van der Waals surface area contributed by atoms with Gasteiger partial charge in [0.05, 0.1) is 0 Å². The van der Waals surface area contributed by atoms with Crippen LogP contribution < -0.4 is 5.56 Å². The van der Waals surface area contributed by atoms with Crippen molar-refractivity contribution >= 4 is 16.9 Å². The smallest absolute Gasteiger partial charge is 0.325 e. The number of aryl methyl sites for hydroxylation is 1. The first-order valence-corrected chi connectivity index (χ1v) is 9.75. The van der Waals surface area contributed by atoms with Crippen molar-refractivity contribution in [2.45, 2.75) is 31.8 Å². The minimum absolute atomic E-state index is 0.0440. The van der Waals surface area contributed by atoms with Crippen molar-refractivity contribution in [2.24, 2.45) is 5.92 Å². The molecular weight excluding hydrogens is 354 g/mol. The molecule has 2 aliphatic heterocycles. The first kappa shape index (κ1) is 17.3. The molecule has 0 aliphatic carbocycles. The third kappa shape index (κ3) is 2.67. The van der Waals surface area contributed by atoms with Gasteiger partial charge in [0.15, 0.2) is 0 Å². The molecule has 0 radical (unpaired) electrons. The Kier molecular flexibility index (Phi) is 3.91. The molecule has 2 bridgehead atoms. The summed E-state index contributed by atoms with van der Waals surface area (Å²) in [5, 5.41) is 11.1. The Labute approximate surface area is 162 Å². The van der Waals surface area contributed by atoms with Gasteiger partial charge < -0.3 is 14.7 Å². The van der Waals surface area contributed by atoms with Crippen LogP contribution in [0.2, 0.25) is 0 Å². The molecular formula is C22H23N3O3. The van der Waals surface area contributed by atoms with Crippen LogP contribution in [-0.2, 0) is 11.3 Å². The van der Waals surface area contributed by atoms with Crippen molar-refractivity contribution in [3.8, 4) is 0 Å². The first-order chi connectivity index (χ1) is 13.5. The van der Waals surface area contributed by atoms with Crippen LogP contribution in [0.3, 0.4) is 0 Å². The molecule has 5 rings (SSSR count). The minimum Gasteiger partial charge on any atom is -0.480 e. The number of aromatic amines is 1. The number of rotatable bonds is 3. The van der Waals surface area contributed by atoms with Gasteiger partial charge in [-0.25, -0.2) is 0 Å². The predicted molar refractivity (Wildman–Crippen MR) is 107 cm³/mol. The number of carbonyl (C=O) groups is 1. The summed E-state index contributed by atoms with van der Waals surface area (Å²) in [6.07, 6.45) is 2.85. The second-order valence-electron chi connectivity index (χ2n) is 8.19. The summed E-state index contributed by atoms with van der Waals surface area (Å²) in [6.45, 7) is 4.02. The lowest BCUT2D eigenvalue weighted by atomic mass is 9.82. The van der Waals surface area contributed by atoms with Gasteiger partial charge in [0.2, 0.25) is 0 Å². The maximum atomic E-state index is 12.3. The topological polar surface area (TPSA) is 78.3 Å². The Morgan fingerprint density at radius 2 is 2.07 bits per heavy atom. The van der Waals surface area contributed by atoms with E-state index in [1.165, 1.54) is 0 Å². The highest BCUT2D eigenvalue weighted by Gasteiger charge is 2.40. The number of benzene rings is 1. The molecule has 2 N–H and O–H groups in total. The van der Waals surface area contributed by atoms with Gasteiger partial charge in [0.1, 0.15) is 6.04 Å². The summed E-state index contributed by atoms with van der Waals surface area (Å²) in [6, 6.07) is 10.8. The summed E-state index contributed by atoms with van der Waals surface area (Å²) in [5.74, 6) is -0.344. The third-order valence-electron chi connectivity index (χ3n) is 6.27. The SMILES string of the molecule is Cc1ccc2[nH]cc([C@H](C(=O)O)N3C[C@H]4C[C@H](C3)c3cccc(=O)n3C4)c2c1. The zero-order chi connectivity index (χ0) is 19.4. The number of H-pyrrole nitrogens is 1. The van der Waals surface area contributed by atoms with Gasteiger partial charge in [-0.05, 0) is 37.5 Å². The molecule has 0 spiro atoms. The zero-order valence-corrected chi connectivity index (χ0v) is 15.8. The molecule has 4 heterocycles. The van der Waals surface area contributed by atoms with Crippen LogP contribution in [0.25, 0.3) is 10.9 Å². The van der Waals surface area contributed by atoms with E-state index in [-0.39, 0.29) is 11.5 Å². The van der Waals surface area contributed by atoms with Crippen molar-refractivity contribution < 1.29 is 9.90 Å². The average molecular weight is 377 g/mol. The quantitative estimate of drug-likeness (QED) is 0.736. The molecule has 1 aromatic carbocycles. The van der Waals surface area contributed by atoms with Crippen molar-refractivity contribution in [1.82, 2.24) is 14.5 Å². The van der Waals surface area contributed by atoms with Crippen molar-refractivity contribution in [3.63, 3.8) is 0 Å². The number of aromatic nitrogens is 2. The minimum atomic E-state index is -0.826. The normalized spacial score (nSPS) is 22.8. The molecule has 1 fully saturated rings. The Morgan fingerprint density at radius 1 is 1.21 bits per heavy atom. The molecule has 2 aliphatic rings. The second kappa shape index (κ2) is 6.34. The van der Waals surface area contributed by atoms with Crippen molar-refractivity contribution in [1.29, 1.82) is 0 Å². The van der Waals surface area contributed by atoms with Crippen molar-refractivity contribution in [3.05, 3.63) is 69.8 Å². The zero-order valence-electron chi connectivity index (χ0n) is 15.8. The third-order valence-corrected chi connectivity index (χ3v) is 6.27. The molecule has 6 nitrogen and oxygen atoms in total. The van der Waals surface area contributed by atoms with Crippen LogP contribution in [0.15, 0.2) is 47.4 Å². The number of hydrogen-bond acceptors (Lipinski definition) is 3. The lowest BCUT2D eigenvalue weighted by molar-refractivity contribution is -0.144. The van der Waals surface area contributed by atoms with Gasteiger partial charge in [-0.2, -0.15) is 0 Å². The van der Waals surface area contributed by atoms with E-state index in [4.69, 9.17) is 0 Å². The Balaban J connectivity index is 1.55. The fourth-order valence-corrected chi connectivity index (χ4v) is 5.11. The van der Waals surface area contributed by atoms with Crippen LogP contribution in [0.1, 0.15) is 35.2 Å². The largest absolute Gasteiger partial charge is 0.480 e. The van der Waals surface area contributed by atoms with E-state index in [0.29, 0.717) is 25.6 Å². The maximum Gasteiger partial charge on any atom is 0.325 e. The van der Waals surface area contributed by atoms with Gasteiger partial charge in [-0.15, -0.1) is 0 Å². The number of aliphatic carboxylic acids is 1. The van der Waals surface area contributed by atoms with E-state index in [2.05, 4.69) is 16.0 Å². The number of likely N-dealkylation sites (tertiary alicyclic amines) is 1. The molecule has 0 amide bonds. The standard InChI is InChI=1S/C22H23N3O3/c1-13-5-6-18-16(7-13)17(9-23-18)21(22(27)28)24-10-14-8-15(12-24)19-3-2-4-20(26)25(19)11-14/h2-7,9,14-15,21,23H,8,10-12H2,1H3,(H,27,28)/t14-,15-,21-/m1/s1. The number of pyridine rings is 1. The fraction of sp³-hybridized carbons (Fsp3) is 0.364. The van der Waals surface area contributed by atoms with Crippen LogP contribution in [-0.4, -0.2) is 38.6 Å². The van der Waals surface area contributed by atoms with Gasteiger partial charge >= 0.3 is 5.97 Å². The Morgan fingerprint density at radius 3 is 2.89 bits per heavy atom. The molecule has 1 saturated heterocycles. The average Bonchev–Trinajstić information content (AvgIpc) is 3.05. The molecule has 144 valence electrons. The molecule has 3 atom stereocenters. The van der Waals surface area contributed by atoms with Crippen LogP contribution >= 0.6 is 0 Å². The monoisotopic (exact) mass is 377 g/mol. The number of fused-ring (bicyclic) bond motifs is 5. The highest BCUT2D eigenvalue weighted by atomic mass is 16.4. The van der Waals surface area contributed by atoms with Gasteiger partial charge in [0, 0.05) is 60.0 Å². The van der Waals surface area contributed by atoms with E-state index < -0.39 is 12.0 Å². The summed E-state index contributed by atoms with van der Waals surface area (Å²) in [5.41, 5.74) is 3.97. The predicted octanol–water partition coefficient (Wildman–Crippen LogP) is 2.88. The van der Waals surface area contributed by atoms with Gasteiger partial charge in [0.25, 0.3) is 5.56 Å². The second-order valence-corrected chi connectivity index (χ2v) is 8.19. The van der Waals surface area contributed by atoms with E-state index in [1.807, 2.05) is 42.0 Å². The van der Waals surface area contributed by atoms with Crippen LogP contribution in [0.4, 0.5) is 0 Å². The number of hydrogen-bond donors (Lipinski definition) is 2. The van der Waals surface area contributed by atoms with Gasteiger partial charge in [-0.1, -0.05) is 17.7 Å². The van der Waals surface area contributed by atoms with E-state index >= 15 is 0 Å². The van der Waals surface area contributed by atoms with Gasteiger partial charge in [-0.3, -0.25) is 14.5 Å². The van der Waals surface area contributed by atoms with Crippen LogP contribution in [0, 0.1) is 12.8 Å². The Hall–Kier alpha value is -2.86. The number of piperidine rings is 1. The van der Waals surface area contributed by atoms with Crippen LogP contribution in [0.5, 0.6) is 0 Å². The van der Waals surface area contributed by atoms with E-state index in [1.54, 1.807) is 6.07 Å². The summed E-state index contributed by atoms with van der Waals surface area (Å²) < 4.78 is 1.88. The molecule has 0 saturated carbocycles. The lowest BCUT2D eigenvalue weighted by Crippen LogP contribution is -2.49. The summed E-state index contributed by atoms with van der Waals surface area (Å²) in [7, 11) is 0. The maximum absolute atomic E-state index is 12.3. The number of carboxylic acid groups (broad SMARTS) is 1. The number of carboxylic acids is 1. The molecule has 2 aromatic heterocycles. The first-order valence-electron chi connectivity index (χ1n) is 9.75. The molecule has 3 aromatic rings. The van der Waals surface area contributed by atoms with Crippen molar-refractivity contribution in [2.75, 3.05) is 13.1 Å². The lowest BCUT2D eigenvalue weighted by Gasteiger charge is -2.44. The number of nitrogens with one attached hydrogen (secondary N) is 1. The van der Waals surface area contributed by atoms with E-state index in [9.17, 15) is 14.7 Å². The summed E-state index contributed by atoms with van der Waals surface area (Å²) in [4.78, 5) is 29.9. The Bertz CT molecular complexity index is 1130. The fourth-order valence-electron chi connectivity index (χ4n) is 5.11. The molecule has 6 heteroatoms. The summed E-state index contributed by atoms with van der Waals surface area (Å²) >= 11 is 0. The van der Waals surface area contributed by atoms with E-state index in [0.717, 1.165) is 34.1 Å².